The number of fused-ring (bicyclic) bond motifs is 2. The van der Waals surface area contributed by atoms with Crippen molar-refractivity contribution in [1.82, 2.24) is 0 Å². The average Bonchev–Trinajstić information content (AvgIpc) is 3.18. The minimum absolute atomic E-state index is 0.0315. The largest absolute Gasteiger partial charge is 0.449 e. The minimum atomic E-state index is -0.904. The van der Waals surface area contributed by atoms with Crippen LogP contribution in [0.15, 0.2) is 52.9 Å². The molecule has 0 saturated carbocycles. The molecule has 3 aromatic rings. The zero-order chi connectivity index (χ0) is 19.1. The fraction of sp³-hybridized carbons (Fsp3) is 0.273. The molecule has 5 heteroatoms. The Bertz CT molecular complexity index is 1040. The number of para-hydroxylation sites is 2. The van der Waals surface area contributed by atoms with Crippen LogP contribution in [0.3, 0.4) is 0 Å². The number of aryl methyl sites for hydroxylation is 1. The Labute approximate surface area is 157 Å². The number of amides is 1. The van der Waals surface area contributed by atoms with Gasteiger partial charge in [0.2, 0.25) is 5.76 Å². The second-order valence-electron chi connectivity index (χ2n) is 6.99. The van der Waals surface area contributed by atoms with Crippen LogP contribution in [0, 0.1) is 6.92 Å². The van der Waals surface area contributed by atoms with E-state index in [2.05, 4.69) is 0 Å². The molecule has 0 N–H and O–H groups in total. The van der Waals surface area contributed by atoms with E-state index in [1.807, 2.05) is 56.3 Å². The van der Waals surface area contributed by atoms with Crippen molar-refractivity contribution >= 4 is 28.5 Å². The predicted octanol–water partition coefficient (Wildman–Crippen LogP) is 4.26. The van der Waals surface area contributed by atoms with Crippen LogP contribution < -0.4 is 4.90 Å². The summed E-state index contributed by atoms with van der Waals surface area (Å²) in [5.41, 5.74) is 3.36. The van der Waals surface area contributed by atoms with E-state index in [0.29, 0.717) is 5.58 Å². The normalized spacial score (nSPS) is 17.0. The third-order valence-corrected chi connectivity index (χ3v) is 5.11. The predicted molar refractivity (Wildman–Crippen MR) is 103 cm³/mol. The molecule has 1 aromatic heterocycles. The second kappa shape index (κ2) is 6.58. The van der Waals surface area contributed by atoms with Crippen LogP contribution in [0.5, 0.6) is 0 Å². The molecule has 138 valence electrons. The van der Waals surface area contributed by atoms with Gasteiger partial charge in [-0.1, -0.05) is 36.4 Å². The minimum Gasteiger partial charge on any atom is -0.449 e. The molecule has 27 heavy (non-hydrogen) atoms. The second-order valence-corrected chi connectivity index (χ2v) is 6.99. The third-order valence-electron chi connectivity index (χ3n) is 5.11. The summed E-state index contributed by atoms with van der Waals surface area (Å²) in [5.74, 6) is -0.704. The number of nitrogens with zero attached hydrogens (tertiary/aromatic N) is 1. The summed E-state index contributed by atoms with van der Waals surface area (Å²) in [6.45, 7) is 5.41. The molecular weight excluding hydrogens is 342 g/mol. The fourth-order valence-electron chi connectivity index (χ4n) is 3.73. The van der Waals surface area contributed by atoms with Gasteiger partial charge in [0.15, 0.2) is 6.10 Å². The Kier molecular flexibility index (Phi) is 4.22. The van der Waals surface area contributed by atoms with Crippen molar-refractivity contribution in [2.24, 2.45) is 0 Å². The van der Waals surface area contributed by atoms with E-state index in [0.717, 1.165) is 28.6 Å². The monoisotopic (exact) mass is 363 g/mol. The topological polar surface area (TPSA) is 59.8 Å². The molecule has 0 saturated heterocycles. The lowest BCUT2D eigenvalue weighted by molar-refractivity contribution is -0.126. The summed E-state index contributed by atoms with van der Waals surface area (Å²) >= 11 is 0. The summed E-state index contributed by atoms with van der Waals surface area (Å²) in [6, 6.07) is 15.3. The smallest absolute Gasteiger partial charge is 0.375 e. The van der Waals surface area contributed by atoms with Crippen LogP contribution in [-0.2, 0) is 16.0 Å². The molecule has 1 amide bonds. The van der Waals surface area contributed by atoms with Crippen molar-refractivity contribution < 1.29 is 18.7 Å². The lowest BCUT2D eigenvalue weighted by Crippen LogP contribution is -2.43. The van der Waals surface area contributed by atoms with E-state index in [-0.39, 0.29) is 17.7 Å². The van der Waals surface area contributed by atoms with Gasteiger partial charge in [0, 0.05) is 22.7 Å². The zero-order valence-corrected chi connectivity index (χ0v) is 15.6. The van der Waals surface area contributed by atoms with Crippen molar-refractivity contribution in [2.75, 3.05) is 4.90 Å². The fourth-order valence-corrected chi connectivity index (χ4v) is 3.73. The molecular formula is C22H21NO4. The number of hydrogen-bond acceptors (Lipinski definition) is 4. The first-order chi connectivity index (χ1) is 13.0. The quantitative estimate of drug-likeness (QED) is 0.652. The van der Waals surface area contributed by atoms with Gasteiger partial charge in [-0.3, -0.25) is 4.79 Å². The van der Waals surface area contributed by atoms with Crippen molar-refractivity contribution in [3.63, 3.8) is 0 Å². The lowest BCUT2D eigenvalue weighted by Gasteiger charge is -2.25. The molecule has 1 aliphatic heterocycles. The maximum atomic E-state index is 13.0. The number of carbonyl (C=O) groups excluding carboxylic acids is 2. The molecule has 4 rings (SSSR count). The molecule has 2 heterocycles. The van der Waals surface area contributed by atoms with Gasteiger partial charge in [-0.25, -0.2) is 4.79 Å². The number of carbonyl (C=O) groups is 2. The highest BCUT2D eigenvalue weighted by atomic mass is 16.6. The van der Waals surface area contributed by atoms with Gasteiger partial charge >= 0.3 is 5.97 Å². The van der Waals surface area contributed by atoms with E-state index < -0.39 is 12.1 Å². The van der Waals surface area contributed by atoms with E-state index in [1.54, 1.807) is 17.9 Å². The number of rotatable bonds is 3. The molecule has 0 aliphatic carbocycles. The summed E-state index contributed by atoms with van der Waals surface area (Å²) in [5, 5.41) is 0.866. The van der Waals surface area contributed by atoms with Gasteiger partial charge in [0.05, 0.1) is 0 Å². The van der Waals surface area contributed by atoms with Crippen LogP contribution in [-0.4, -0.2) is 24.0 Å². The molecule has 0 fully saturated rings. The van der Waals surface area contributed by atoms with E-state index in [1.165, 1.54) is 0 Å². The highest BCUT2D eigenvalue weighted by molar-refractivity contribution is 6.01. The van der Waals surface area contributed by atoms with Crippen LogP contribution in [0.1, 0.15) is 35.5 Å². The Morgan fingerprint density at radius 2 is 1.85 bits per heavy atom. The van der Waals surface area contributed by atoms with Crippen molar-refractivity contribution in [3.8, 4) is 0 Å². The van der Waals surface area contributed by atoms with Gasteiger partial charge in [-0.15, -0.1) is 0 Å². The Morgan fingerprint density at radius 3 is 2.63 bits per heavy atom. The SMILES string of the molecule is Cc1c(C(=O)O[C@H](C)C(=O)N2c3ccccc3C[C@H]2C)oc2ccccc12. The number of anilines is 1. The maximum absolute atomic E-state index is 13.0. The number of esters is 1. The Hall–Kier alpha value is -3.08. The van der Waals surface area contributed by atoms with Gasteiger partial charge in [-0.2, -0.15) is 0 Å². The average molecular weight is 363 g/mol. The van der Waals surface area contributed by atoms with Gasteiger partial charge < -0.3 is 14.1 Å². The zero-order valence-electron chi connectivity index (χ0n) is 15.6. The Balaban J connectivity index is 1.55. The van der Waals surface area contributed by atoms with E-state index in [9.17, 15) is 9.59 Å². The van der Waals surface area contributed by atoms with Crippen molar-refractivity contribution in [3.05, 3.63) is 65.4 Å². The lowest BCUT2D eigenvalue weighted by atomic mass is 10.1. The first kappa shape index (κ1) is 17.3. The first-order valence-corrected chi connectivity index (χ1v) is 9.07. The molecule has 0 unspecified atom stereocenters. The molecule has 2 atom stereocenters. The summed E-state index contributed by atoms with van der Waals surface area (Å²) in [7, 11) is 0. The first-order valence-electron chi connectivity index (χ1n) is 9.07. The van der Waals surface area contributed by atoms with Gasteiger partial charge in [0.25, 0.3) is 5.91 Å². The Morgan fingerprint density at radius 1 is 1.15 bits per heavy atom. The molecule has 2 aromatic carbocycles. The molecule has 0 radical (unpaired) electrons. The molecule has 0 bridgehead atoms. The van der Waals surface area contributed by atoms with Crippen LogP contribution in [0.25, 0.3) is 11.0 Å². The van der Waals surface area contributed by atoms with Gasteiger partial charge in [0.1, 0.15) is 5.58 Å². The summed E-state index contributed by atoms with van der Waals surface area (Å²) in [4.78, 5) is 27.3. The standard InChI is InChI=1S/C22H21NO4/c1-13-12-16-8-4-6-10-18(16)23(13)21(24)15(3)26-22(25)20-14(2)17-9-5-7-11-19(17)27-20/h4-11,13,15H,12H2,1-3H3/t13-,15-/m1/s1. The van der Waals surface area contributed by atoms with Crippen LogP contribution >= 0.6 is 0 Å². The van der Waals surface area contributed by atoms with Gasteiger partial charge in [-0.05, 0) is 44.9 Å². The molecule has 1 aliphatic rings. The highest BCUT2D eigenvalue weighted by Crippen LogP contribution is 2.33. The summed E-state index contributed by atoms with van der Waals surface area (Å²) in [6.07, 6.45) is -0.107. The maximum Gasteiger partial charge on any atom is 0.375 e. The number of furan rings is 1. The number of hydrogen-bond donors (Lipinski definition) is 0. The van der Waals surface area contributed by atoms with Crippen LogP contribution in [0.2, 0.25) is 0 Å². The number of ether oxygens (including phenoxy) is 1. The third kappa shape index (κ3) is 2.89. The summed E-state index contributed by atoms with van der Waals surface area (Å²) < 4.78 is 11.1. The highest BCUT2D eigenvalue weighted by Gasteiger charge is 2.35. The number of benzene rings is 2. The van der Waals surface area contributed by atoms with Crippen LogP contribution in [0.4, 0.5) is 5.69 Å². The van der Waals surface area contributed by atoms with Crippen molar-refractivity contribution in [2.45, 2.75) is 39.3 Å². The van der Waals surface area contributed by atoms with E-state index >= 15 is 0 Å². The molecule has 0 spiro atoms. The van der Waals surface area contributed by atoms with E-state index in [4.69, 9.17) is 9.15 Å². The molecule has 5 nitrogen and oxygen atoms in total. The van der Waals surface area contributed by atoms with Crippen molar-refractivity contribution in [1.29, 1.82) is 0 Å².